The fraction of sp³-hybridized carbons (Fsp3) is 0.118. The van der Waals surface area contributed by atoms with Gasteiger partial charge in [-0.15, -0.1) is 0 Å². The van der Waals surface area contributed by atoms with E-state index in [0.29, 0.717) is 11.0 Å². The van der Waals surface area contributed by atoms with Gasteiger partial charge in [-0.3, -0.25) is 9.78 Å². The number of nitrogens with one attached hydrogen (secondary N) is 1. The zero-order chi connectivity index (χ0) is 15.5. The van der Waals surface area contributed by atoms with Crippen LogP contribution < -0.4 is 10.9 Å². The first kappa shape index (κ1) is 14.0. The Labute approximate surface area is 126 Å². The summed E-state index contributed by atoms with van der Waals surface area (Å²) in [4.78, 5) is 28.2. The van der Waals surface area contributed by atoms with Crippen LogP contribution in [-0.2, 0) is 0 Å². The van der Waals surface area contributed by atoms with Crippen molar-refractivity contribution in [1.82, 2.24) is 10.3 Å². The number of pyridine rings is 1. The summed E-state index contributed by atoms with van der Waals surface area (Å²) in [7, 11) is 0. The summed E-state index contributed by atoms with van der Waals surface area (Å²) in [5.41, 5.74) is 0.734. The van der Waals surface area contributed by atoms with E-state index in [1.54, 1.807) is 36.7 Å². The Morgan fingerprint density at radius 2 is 1.91 bits per heavy atom. The third kappa shape index (κ3) is 2.74. The molecular weight excluding hydrogens is 280 g/mol. The summed E-state index contributed by atoms with van der Waals surface area (Å²) in [5, 5.41) is 3.50. The molecule has 0 unspecified atom stereocenters. The van der Waals surface area contributed by atoms with Gasteiger partial charge >= 0.3 is 5.63 Å². The number of fused-ring (bicyclic) bond motifs is 1. The first-order valence-electron chi connectivity index (χ1n) is 6.89. The topological polar surface area (TPSA) is 72.2 Å². The SMILES string of the molecule is C[C@@H](NC(=O)c1cc2ccccc2oc1=O)c1ccncc1. The molecule has 1 amide bonds. The molecule has 0 aliphatic rings. The molecule has 0 saturated carbocycles. The molecular formula is C17H14N2O3. The van der Waals surface area contributed by atoms with Crippen molar-refractivity contribution < 1.29 is 9.21 Å². The minimum Gasteiger partial charge on any atom is -0.422 e. The molecule has 0 saturated heterocycles. The van der Waals surface area contributed by atoms with Gasteiger partial charge in [0.1, 0.15) is 11.1 Å². The molecule has 0 radical (unpaired) electrons. The van der Waals surface area contributed by atoms with Gasteiger partial charge in [-0.25, -0.2) is 4.79 Å². The summed E-state index contributed by atoms with van der Waals surface area (Å²) in [6, 6.07) is 12.0. The third-order valence-corrected chi connectivity index (χ3v) is 3.44. The van der Waals surface area contributed by atoms with E-state index >= 15 is 0 Å². The van der Waals surface area contributed by atoms with Crippen LogP contribution in [0.4, 0.5) is 0 Å². The number of benzene rings is 1. The van der Waals surface area contributed by atoms with Crippen LogP contribution in [0.5, 0.6) is 0 Å². The predicted octanol–water partition coefficient (Wildman–Crippen LogP) is 2.68. The summed E-state index contributed by atoms with van der Waals surface area (Å²) >= 11 is 0. The highest BCUT2D eigenvalue weighted by atomic mass is 16.4. The van der Waals surface area contributed by atoms with E-state index in [2.05, 4.69) is 10.3 Å². The van der Waals surface area contributed by atoms with Crippen LogP contribution in [0.2, 0.25) is 0 Å². The molecule has 22 heavy (non-hydrogen) atoms. The number of aromatic nitrogens is 1. The van der Waals surface area contributed by atoms with Crippen molar-refractivity contribution in [3.05, 3.63) is 76.4 Å². The summed E-state index contributed by atoms with van der Waals surface area (Å²) in [6.45, 7) is 1.84. The van der Waals surface area contributed by atoms with E-state index in [0.717, 1.165) is 5.56 Å². The van der Waals surface area contributed by atoms with E-state index in [4.69, 9.17) is 4.42 Å². The third-order valence-electron chi connectivity index (χ3n) is 3.44. The molecule has 1 atom stereocenters. The lowest BCUT2D eigenvalue weighted by Crippen LogP contribution is -2.30. The highest BCUT2D eigenvalue weighted by Crippen LogP contribution is 2.14. The molecule has 2 aromatic heterocycles. The molecule has 3 rings (SSSR count). The van der Waals surface area contributed by atoms with E-state index < -0.39 is 11.5 Å². The maximum atomic E-state index is 12.3. The van der Waals surface area contributed by atoms with Gasteiger partial charge < -0.3 is 9.73 Å². The van der Waals surface area contributed by atoms with Gasteiger partial charge in [-0.2, -0.15) is 0 Å². The quantitative estimate of drug-likeness (QED) is 0.754. The number of carbonyl (C=O) groups is 1. The standard InChI is InChI=1S/C17H14N2O3/c1-11(12-6-8-18-9-7-12)19-16(20)14-10-13-4-2-3-5-15(13)22-17(14)21/h2-11H,1H3,(H,19,20)/t11-/m1/s1. The van der Waals surface area contributed by atoms with Crippen molar-refractivity contribution in [3.63, 3.8) is 0 Å². The van der Waals surface area contributed by atoms with E-state index in [1.165, 1.54) is 0 Å². The number of rotatable bonds is 3. The number of nitrogens with zero attached hydrogens (tertiary/aromatic N) is 1. The van der Waals surface area contributed by atoms with Crippen LogP contribution in [0.3, 0.4) is 0 Å². The van der Waals surface area contributed by atoms with Crippen LogP contribution in [0.25, 0.3) is 11.0 Å². The minimum absolute atomic E-state index is 0.000365. The fourth-order valence-electron chi connectivity index (χ4n) is 2.23. The maximum Gasteiger partial charge on any atom is 0.349 e. The molecule has 0 bridgehead atoms. The monoisotopic (exact) mass is 294 g/mol. The summed E-state index contributed by atoms with van der Waals surface area (Å²) < 4.78 is 5.17. The highest BCUT2D eigenvalue weighted by Gasteiger charge is 2.16. The van der Waals surface area contributed by atoms with Crippen LogP contribution in [0.15, 0.2) is 64.1 Å². The molecule has 1 N–H and O–H groups in total. The molecule has 0 aliphatic heterocycles. The van der Waals surface area contributed by atoms with E-state index in [-0.39, 0.29) is 11.6 Å². The molecule has 3 aromatic rings. The van der Waals surface area contributed by atoms with Gasteiger partial charge in [0.05, 0.1) is 6.04 Å². The molecule has 0 fully saturated rings. The second-order valence-corrected chi connectivity index (χ2v) is 4.96. The minimum atomic E-state index is -0.641. The van der Waals surface area contributed by atoms with Gasteiger partial charge in [-0.1, -0.05) is 18.2 Å². The zero-order valence-corrected chi connectivity index (χ0v) is 11.9. The summed E-state index contributed by atoms with van der Waals surface area (Å²) in [6.07, 6.45) is 3.31. The number of hydrogen-bond donors (Lipinski definition) is 1. The average Bonchev–Trinajstić information content (AvgIpc) is 2.54. The average molecular weight is 294 g/mol. The largest absolute Gasteiger partial charge is 0.422 e. The van der Waals surface area contributed by atoms with Crippen molar-refractivity contribution in [1.29, 1.82) is 0 Å². The van der Waals surface area contributed by atoms with Crippen LogP contribution in [-0.4, -0.2) is 10.9 Å². The second kappa shape index (κ2) is 5.81. The van der Waals surface area contributed by atoms with Gasteiger partial charge in [0.2, 0.25) is 0 Å². The molecule has 1 aromatic carbocycles. The summed E-state index contributed by atoms with van der Waals surface area (Å²) in [5.74, 6) is -0.455. The van der Waals surface area contributed by atoms with Crippen molar-refractivity contribution in [2.45, 2.75) is 13.0 Å². The van der Waals surface area contributed by atoms with Crippen molar-refractivity contribution in [2.75, 3.05) is 0 Å². The molecule has 0 aliphatic carbocycles. The number of para-hydroxylation sites is 1. The Morgan fingerprint density at radius 3 is 2.68 bits per heavy atom. The molecule has 2 heterocycles. The van der Waals surface area contributed by atoms with Crippen molar-refractivity contribution in [3.8, 4) is 0 Å². The van der Waals surface area contributed by atoms with Gasteiger partial charge in [0.15, 0.2) is 0 Å². The molecule has 5 heteroatoms. The second-order valence-electron chi connectivity index (χ2n) is 4.96. The smallest absolute Gasteiger partial charge is 0.349 e. The van der Waals surface area contributed by atoms with Gasteiger partial charge in [0.25, 0.3) is 5.91 Å². The molecule has 0 spiro atoms. The Morgan fingerprint density at radius 1 is 1.18 bits per heavy atom. The number of amides is 1. The van der Waals surface area contributed by atoms with Gasteiger partial charge in [-0.05, 0) is 36.8 Å². The van der Waals surface area contributed by atoms with Gasteiger partial charge in [0, 0.05) is 17.8 Å². The zero-order valence-electron chi connectivity index (χ0n) is 11.9. The fourth-order valence-corrected chi connectivity index (χ4v) is 2.23. The van der Waals surface area contributed by atoms with Crippen LogP contribution in [0.1, 0.15) is 28.9 Å². The first-order chi connectivity index (χ1) is 10.6. The normalized spacial score (nSPS) is 12.0. The Bertz CT molecular complexity index is 872. The Balaban J connectivity index is 1.89. The highest BCUT2D eigenvalue weighted by molar-refractivity contribution is 5.96. The molecule has 110 valence electrons. The lowest BCUT2D eigenvalue weighted by Gasteiger charge is -2.13. The van der Waals surface area contributed by atoms with E-state index in [9.17, 15) is 9.59 Å². The van der Waals surface area contributed by atoms with E-state index in [1.807, 2.05) is 25.1 Å². The first-order valence-corrected chi connectivity index (χ1v) is 6.89. The molecule has 5 nitrogen and oxygen atoms in total. The number of hydrogen-bond acceptors (Lipinski definition) is 4. The Hall–Kier alpha value is -2.95. The van der Waals surface area contributed by atoms with Crippen LogP contribution in [0, 0.1) is 0 Å². The lowest BCUT2D eigenvalue weighted by atomic mass is 10.1. The Kier molecular flexibility index (Phi) is 3.70. The van der Waals surface area contributed by atoms with Crippen molar-refractivity contribution >= 4 is 16.9 Å². The number of carbonyl (C=O) groups excluding carboxylic acids is 1. The predicted molar refractivity (Wildman–Crippen MR) is 82.6 cm³/mol. The maximum absolute atomic E-state index is 12.3. The van der Waals surface area contributed by atoms with Crippen LogP contribution >= 0.6 is 0 Å². The van der Waals surface area contributed by atoms with Crippen molar-refractivity contribution in [2.24, 2.45) is 0 Å². The lowest BCUT2D eigenvalue weighted by molar-refractivity contribution is 0.0936.